The maximum absolute atomic E-state index is 10.8. The highest BCUT2D eigenvalue weighted by molar-refractivity contribution is 7.15. The molecule has 0 fully saturated rings. The second-order valence-corrected chi connectivity index (χ2v) is 9.39. The van der Waals surface area contributed by atoms with Gasteiger partial charge in [0.25, 0.3) is 0 Å². The Bertz CT molecular complexity index is 1260. The van der Waals surface area contributed by atoms with Crippen molar-refractivity contribution in [1.82, 2.24) is 0 Å². The third kappa shape index (κ3) is 4.08. The van der Waals surface area contributed by atoms with Crippen LogP contribution in [0.2, 0.25) is 0 Å². The first kappa shape index (κ1) is 19.5. The van der Waals surface area contributed by atoms with Crippen LogP contribution in [0, 0.1) is 0 Å². The lowest BCUT2D eigenvalue weighted by Gasteiger charge is -2.02. The minimum absolute atomic E-state index is 0.701. The standard InChI is InChI=1S/C25H16N2O2S2/c28-14-22-5-3-20(30-22)12-26-18-1-7-24-16(10-18)9-17-11-19(2-8-25(17)24)27-13-21-4-6-23(15-29)31-21/h1-8,10-15H,9H2. The van der Waals surface area contributed by atoms with Crippen LogP contribution in [-0.4, -0.2) is 25.0 Å². The van der Waals surface area contributed by atoms with Gasteiger partial charge in [0.05, 0.1) is 21.1 Å². The minimum atomic E-state index is 0.701. The van der Waals surface area contributed by atoms with Crippen LogP contribution in [0.15, 0.2) is 70.6 Å². The van der Waals surface area contributed by atoms with Crippen LogP contribution in [0.3, 0.4) is 0 Å². The third-order valence-electron chi connectivity index (χ3n) is 5.06. The average Bonchev–Trinajstić information content (AvgIpc) is 3.53. The molecular formula is C25H16N2O2S2. The molecular weight excluding hydrogens is 424 g/mol. The number of thiophene rings is 2. The maximum atomic E-state index is 10.8. The third-order valence-corrected chi connectivity index (χ3v) is 6.95. The van der Waals surface area contributed by atoms with E-state index in [0.29, 0.717) is 9.75 Å². The predicted octanol–water partition coefficient (Wildman–Crippen LogP) is 6.51. The number of benzene rings is 2. The molecule has 4 nitrogen and oxygen atoms in total. The lowest BCUT2D eigenvalue weighted by Crippen LogP contribution is -1.80. The lowest BCUT2D eigenvalue weighted by atomic mass is 10.1. The molecule has 5 rings (SSSR count). The van der Waals surface area contributed by atoms with Gasteiger partial charge in [-0.1, -0.05) is 12.1 Å². The summed E-state index contributed by atoms with van der Waals surface area (Å²) in [7, 11) is 0. The number of carbonyl (C=O) groups is 2. The van der Waals surface area contributed by atoms with E-state index >= 15 is 0 Å². The number of rotatable bonds is 6. The van der Waals surface area contributed by atoms with Crippen molar-refractivity contribution in [1.29, 1.82) is 0 Å². The summed E-state index contributed by atoms with van der Waals surface area (Å²) in [6.07, 6.45) is 6.16. The van der Waals surface area contributed by atoms with Gasteiger partial charge in [0.2, 0.25) is 0 Å². The molecule has 4 aromatic rings. The predicted molar refractivity (Wildman–Crippen MR) is 129 cm³/mol. The monoisotopic (exact) mass is 440 g/mol. The van der Waals surface area contributed by atoms with E-state index in [0.717, 1.165) is 40.1 Å². The van der Waals surface area contributed by atoms with E-state index in [4.69, 9.17) is 0 Å². The molecule has 6 heteroatoms. The summed E-state index contributed by atoms with van der Waals surface area (Å²) in [6, 6.07) is 19.9. The minimum Gasteiger partial charge on any atom is -0.297 e. The second kappa shape index (κ2) is 8.34. The summed E-state index contributed by atoms with van der Waals surface area (Å²) in [4.78, 5) is 34.1. The summed E-state index contributed by atoms with van der Waals surface area (Å²) in [5, 5.41) is 0. The number of hydrogen-bond donors (Lipinski definition) is 0. The topological polar surface area (TPSA) is 58.9 Å². The van der Waals surface area contributed by atoms with E-state index in [-0.39, 0.29) is 0 Å². The molecule has 1 aliphatic rings. The molecule has 0 saturated heterocycles. The highest BCUT2D eigenvalue weighted by Crippen LogP contribution is 2.40. The van der Waals surface area contributed by atoms with Gasteiger partial charge < -0.3 is 0 Å². The van der Waals surface area contributed by atoms with E-state index < -0.39 is 0 Å². The van der Waals surface area contributed by atoms with Crippen molar-refractivity contribution in [2.45, 2.75) is 6.42 Å². The Hall–Kier alpha value is -3.48. The van der Waals surface area contributed by atoms with Crippen molar-refractivity contribution >= 4 is 59.0 Å². The van der Waals surface area contributed by atoms with Gasteiger partial charge in [-0.25, -0.2) is 0 Å². The SMILES string of the molecule is O=Cc1ccc(C=Nc2ccc3c(c2)Cc2cc(N=Cc4ccc(C=O)s4)ccc2-3)s1. The molecule has 2 aromatic carbocycles. The number of aldehydes is 2. The molecule has 0 atom stereocenters. The first-order valence-corrected chi connectivity index (χ1v) is 11.3. The van der Waals surface area contributed by atoms with E-state index in [1.165, 1.54) is 44.9 Å². The Morgan fingerprint density at radius 2 is 1.06 bits per heavy atom. The zero-order valence-electron chi connectivity index (χ0n) is 16.3. The summed E-state index contributed by atoms with van der Waals surface area (Å²) >= 11 is 2.85. The molecule has 0 aliphatic heterocycles. The molecule has 0 amide bonds. The molecule has 1 aliphatic carbocycles. The molecule has 31 heavy (non-hydrogen) atoms. The molecule has 0 saturated carbocycles. The van der Waals surface area contributed by atoms with E-state index in [1.807, 2.05) is 24.3 Å². The lowest BCUT2D eigenvalue weighted by molar-refractivity contribution is 0.111. The largest absolute Gasteiger partial charge is 0.297 e. The van der Waals surface area contributed by atoms with Crippen molar-refractivity contribution in [2.75, 3.05) is 0 Å². The maximum Gasteiger partial charge on any atom is 0.160 e. The Morgan fingerprint density at radius 1 is 0.613 bits per heavy atom. The summed E-state index contributed by atoms with van der Waals surface area (Å²) < 4.78 is 0. The van der Waals surface area contributed by atoms with Gasteiger partial charge in [0.15, 0.2) is 12.6 Å². The van der Waals surface area contributed by atoms with Crippen molar-refractivity contribution in [3.05, 3.63) is 91.3 Å². The van der Waals surface area contributed by atoms with Crippen molar-refractivity contribution < 1.29 is 9.59 Å². The Balaban J connectivity index is 1.35. The van der Waals surface area contributed by atoms with Crippen LogP contribution >= 0.6 is 22.7 Å². The number of aliphatic imine (C=N–C) groups is 2. The van der Waals surface area contributed by atoms with Crippen LogP contribution in [-0.2, 0) is 6.42 Å². The van der Waals surface area contributed by atoms with Crippen molar-refractivity contribution in [3.63, 3.8) is 0 Å². The number of hydrogen-bond acceptors (Lipinski definition) is 6. The average molecular weight is 441 g/mol. The highest BCUT2D eigenvalue weighted by Gasteiger charge is 2.18. The molecule has 2 heterocycles. The fourth-order valence-corrected chi connectivity index (χ4v) is 5.02. The molecule has 0 unspecified atom stereocenters. The van der Waals surface area contributed by atoms with Crippen molar-refractivity contribution in [2.24, 2.45) is 9.98 Å². The van der Waals surface area contributed by atoms with Crippen LogP contribution in [0.1, 0.15) is 40.2 Å². The zero-order valence-corrected chi connectivity index (χ0v) is 18.0. The van der Waals surface area contributed by atoms with Gasteiger partial charge in [-0.05, 0) is 77.2 Å². The molecule has 2 aromatic heterocycles. The summed E-state index contributed by atoms with van der Waals surface area (Å²) in [5.74, 6) is 0. The molecule has 0 bridgehead atoms. The summed E-state index contributed by atoms with van der Waals surface area (Å²) in [5.41, 5.74) is 6.76. The first-order chi connectivity index (χ1) is 15.2. The van der Waals surface area contributed by atoms with Gasteiger partial charge in [-0.15, -0.1) is 22.7 Å². The van der Waals surface area contributed by atoms with Gasteiger partial charge in [-0.2, -0.15) is 0 Å². The van der Waals surface area contributed by atoms with Crippen LogP contribution in [0.5, 0.6) is 0 Å². The smallest absolute Gasteiger partial charge is 0.160 e. The summed E-state index contributed by atoms with van der Waals surface area (Å²) in [6.45, 7) is 0. The first-order valence-electron chi connectivity index (χ1n) is 9.66. The Morgan fingerprint density at radius 3 is 1.48 bits per heavy atom. The number of fused-ring (bicyclic) bond motifs is 3. The van der Waals surface area contributed by atoms with E-state index in [2.05, 4.69) is 34.3 Å². The van der Waals surface area contributed by atoms with Gasteiger partial charge in [0, 0.05) is 22.2 Å². The zero-order chi connectivity index (χ0) is 21.2. The highest BCUT2D eigenvalue weighted by atomic mass is 32.1. The molecule has 0 N–H and O–H groups in total. The second-order valence-electron chi connectivity index (χ2n) is 7.09. The fourth-order valence-electron chi connectivity index (χ4n) is 3.62. The quantitative estimate of drug-likeness (QED) is 0.223. The van der Waals surface area contributed by atoms with Gasteiger partial charge in [0.1, 0.15) is 0 Å². The number of nitrogens with zero attached hydrogens (tertiary/aromatic N) is 2. The molecule has 150 valence electrons. The van der Waals surface area contributed by atoms with Crippen molar-refractivity contribution in [3.8, 4) is 11.1 Å². The van der Waals surface area contributed by atoms with E-state index in [1.54, 1.807) is 24.6 Å². The normalized spacial score (nSPS) is 12.4. The Labute approximate surface area is 187 Å². The molecule has 0 spiro atoms. The van der Waals surface area contributed by atoms with Gasteiger partial charge in [-0.3, -0.25) is 19.6 Å². The van der Waals surface area contributed by atoms with Crippen LogP contribution < -0.4 is 0 Å². The molecule has 0 radical (unpaired) electrons. The van der Waals surface area contributed by atoms with E-state index in [9.17, 15) is 9.59 Å². The van der Waals surface area contributed by atoms with Gasteiger partial charge >= 0.3 is 0 Å². The number of carbonyl (C=O) groups excluding carboxylic acids is 2. The van der Waals surface area contributed by atoms with Crippen LogP contribution in [0.4, 0.5) is 11.4 Å². The fraction of sp³-hybridized carbons (Fsp3) is 0.0400. The van der Waals surface area contributed by atoms with Crippen LogP contribution in [0.25, 0.3) is 11.1 Å². The Kier molecular flexibility index (Phi) is 5.24.